The fourth-order valence-corrected chi connectivity index (χ4v) is 5.27. The number of hydrogen-bond donors (Lipinski definition) is 0. The largest absolute Gasteiger partial charge is 0.369 e. The topological polar surface area (TPSA) is 15.7 Å². The lowest BCUT2D eigenvalue weighted by Gasteiger charge is -2.40. The summed E-state index contributed by atoms with van der Waals surface area (Å²) >= 11 is 0. The molecule has 0 aromatic heterocycles. The molecule has 0 saturated carbocycles. The smallest absolute Gasteiger partial charge is 0.123 e. The molecule has 4 aromatic rings. The highest BCUT2D eigenvalue weighted by molar-refractivity contribution is 5.85. The minimum Gasteiger partial charge on any atom is -0.369 e. The van der Waals surface area contributed by atoms with Crippen molar-refractivity contribution < 1.29 is 9.13 Å². The van der Waals surface area contributed by atoms with Crippen molar-refractivity contribution in [2.45, 2.75) is 18.6 Å². The van der Waals surface area contributed by atoms with E-state index < -0.39 is 0 Å². The molecule has 6 heteroatoms. The average molecular weight is 568 g/mol. The zero-order valence-electron chi connectivity index (χ0n) is 22.1. The van der Waals surface area contributed by atoms with Crippen molar-refractivity contribution in [2.24, 2.45) is 0 Å². The fourth-order valence-electron chi connectivity index (χ4n) is 5.27. The normalized spacial score (nSPS) is 14.8. The van der Waals surface area contributed by atoms with Crippen LogP contribution in [-0.2, 0) is 4.74 Å². The third kappa shape index (κ3) is 8.38. The van der Waals surface area contributed by atoms with Crippen molar-refractivity contribution in [3.8, 4) is 0 Å². The lowest BCUT2D eigenvalue weighted by atomic mass is 9.96. The van der Waals surface area contributed by atoms with Gasteiger partial charge in [-0.05, 0) is 40.8 Å². The first-order valence-electron chi connectivity index (χ1n) is 13.3. The van der Waals surface area contributed by atoms with Gasteiger partial charge in [0.15, 0.2) is 0 Å². The maximum atomic E-state index is 13.6. The van der Waals surface area contributed by atoms with Crippen LogP contribution in [-0.4, -0.2) is 49.1 Å². The highest BCUT2D eigenvalue weighted by atomic mass is 35.5. The van der Waals surface area contributed by atoms with Crippen molar-refractivity contribution in [3.63, 3.8) is 0 Å². The molecule has 4 aromatic carbocycles. The first-order valence-corrected chi connectivity index (χ1v) is 13.3. The first-order chi connectivity index (χ1) is 18.3. The number of benzene rings is 4. The number of rotatable bonds is 10. The van der Waals surface area contributed by atoms with Gasteiger partial charge in [0.2, 0.25) is 0 Å². The number of ether oxygens (including phenoxy) is 1. The van der Waals surface area contributed by atoms with Crippen LogP contribution in [0.2, 0.25) is 0 Å². The molecule has 1 fully saturated rings. The van der Waals surface area contributed by atoms with E-state index in [0.717, 1.165) is 51.3 Å². The lowest BCUT2D eigenvalue weighted by Crippen LogP contribution is -2.48. The summed E-state index contributed by atoms with van der Waals surface area (Å²) in [5.74, 6) is -0.190. The summed E-state index contributed by atoms with van der Waals surface area (Å²) in [6, 6.07) is 38.6. The molecule has 1 atom stereocenters. The molecule has 1 aliphatic rings. The number of halogens is 3. The predicted octanol–water partition coefficient (Wildman–Crippen LogP) is 7.57. The molecule has 5 rings (SSSR count). The van der Waals surface area contributed by atoms with E-state index in [1.165, 1.54) is 16.7 Å². The molecule has 0 radical (unpaired) electrons. The van der Waals surface area contributed by atoms with Crippen molar-refractivity contribution in [1.82, 2.24) is 9.80 Å². The summed E-state index contributed by atoms with van der Waals surface area (Å²) in [6.45, 7) is 5.74. The molecule has 1 aliphatic heterocycles. The van der Waals surface area contributed by atoms with E-state index in [2.05, 4.69) is 82.6 Å². The molecule has 0 bridgehead atoms. The van der Waals surface area contributed by atoms with Gasteiger partial charge in [-0.1, -0.05) is 103 Å². The van der Waals surface area contributed by atoms with Crippen molar-refractivity contribution >= 4 is 24.8 Å². The third-order valence-electron chi connectivity index (χ3n) is 7.18. The van der Waals surface area contributed by atoms with Crippen LogP contribution in [0, 0.1) is 5.82 Å². The monoisotopic (exact) mass is 566 g/mol. The molecule has 1 heterocycles. The van der Waals surface area contributed by atoms with Crippen molar-refractivity contribution in [1.29, 1.82) is 0 Å². The van der Waals surface area contributed by atoms with Gasteiger partial charge in [0.1, 0.15) is 11.9 Å². The van der Waals surface area contributed by atoms with Crippen LogP contribution in [0.25, 0.3) is 0 Å². The summed E-state index contributed by atoms with van der Waals surface area (Å²) in [7, 11) is 0. The van der Waals surface area contributed by atoms with Crippen LogP contribution in [0.3, 0.4) is 0 Å². The Morgan fingerprint density at radius 2 is 1.05 bits per heavy atom. The zero-order valence-corrected chi connectivity index (χ0v) is 23.7. The van der Waals surface area contributed by atoms with Gasteiger partial charge in [0.25, 0.3) is 0 Å². The van der Waals surface area contributed by atoms with Gasteiger partial charge in [0, 0.05) is 39.3 Å². The molecule has 1 saturated heterocycles. The third-order valence-corrected chi connectivity index (χ3v) is 7.18. The van der Waals surface area contributed by atoms with Crippen LogP contribution < -0.4 is 0 Å². The van der Waals surface area contributed by atoms with Crippen LogP contribution in [0.1, 0.15) is 40.8 Å². The molecule has 1 unspecified atom stereocenters. The SMILES string of the molecule is Cl.Cl.Fc1ccc(C(c2ccccc2)N2CCN(CCCOC(c3ccccc3)c3ccccc3)CC2)cc1. The van der Waals surface area contributed by atoms with E-state index >= 15 is 0 Å². The standard InChI is InChI=1S/C33H35FN2O.2ClH/c34-31-19-17-28(18-20-31)32(27-11-4-1-5-12-27)36-24-22-35(23-25-36)21-10-26-37-33(29-13-6-2-7-14-29)30-15-8-3-9-16-30;;/h1-9,11-20,32-33H,10,21-26H2;2*1H. The Hall–Kier alpha value is -2.73. The maximum Gasteiger partial charge on any atom is 0.123 e. The van der Waals surface area contributed by atoms with Gasteiger partial charge < -0.3 is 9.64 Å². The Morgan fingerprint density at radius 1 is 0.590 bits per heavy atom. The van der Waals surface area contributed by atoms with Crippen LogP contribution in [0.5, 0.6) is 0 Å². The molecule has 0 spiro atoms. The summed E-state index contributed by atoms with van der Waals surface area (Å²) in [6.07, 6.45) is 0.956. The van der Waals surface area contributed by atoms with Gasteiger partial charge in [-0.2, -0.15) is 0 Å². The summed E-state index contributed by atoms with van der Waals surface area (Å²) in [5.41, 5.74) is 4.77. The molecule has 39 heavy (non-hydrogen) atoms. The summed E-state index contributed by atoms with van der Waals surface area (Å²) in [4.78, 5) is 5.06. The average Bonchev–Trinajstić information content (AvgIpc) is 2.96. The van der Waals surface area contributed by atoms with Gasteiger partial charge in [-0.3, -0.25) is 4.90 Å². The van der Waals surface area contributed by atoms with Crippen molar-refractivity contribution in [2.75, 3.05) is 39.3 Å². The number of piperazine rings is 1. The maximum absolute atomic E-state index is 13.6. The van der Waals surface area contributed by atoms with Crippen LogP contribution in [0.4, 0.5) is 4.39 Å². The number of hydrogen-bond acceptors (Lipinski definition) is 3. The lowest BCUT2D eigenvalue weighted by molar-refractivity contribution is 0.0612. The highest BCUT2D eigenvalue weighted by Crippen LogP contribution is 2.30. The Balaban J connectivity index is 0.00000210. The van der Waals surface area contributed by atoms with Crippen molar-refractivity contribution in [3.05, 3.63) is 143 Å². The predicted molar refractivity (Wildman–Crippen MR) is 162 cm³/mol. The van der Waals surface area contributed by atoms with Gasteiger partial charge in [-0.25, -0.2) is 4.39 Å². The Morgan fingerprint density at radius 3 is 1.56 bits per heavy atom. The molecule has 0 aliphatic carbocycles. The molecular formula is C33H37Cl2FN2O. The number of nitrogens with zero attached hydrogens (tertiary/aromatic N) is 2. The zero-order chi connectivity index (χ0) is 25.3. The summed E-state index contributed by atoms with van der Waals surface area (Å²) in [5, 5.41) is 0. The molecule has 206 valence electrons. The Bertz CT molecular complexity index is 1170. The van der Waals surface area contributed by atoms with E-state index in [0.29, 0.717) is 0 Å². The quantitative estimate of drug-likeness (QED) is 0.184. The molecular weight excluding hydrogens is 530 g/mol. The second-order valence-electron chi connectivity index (χ2n) is 9.67. The fraction of sp³-hybridized carbons (Fsp3) is 0.273. The molecule has 0 N–H and O–H groups in total. The minimum atomic E-state index is -0.190. The van der Waals surface area contributed by atoms with E-state index in [4.69, 9.17) is 4.74 Å². The van der Waals surface area contributed by atoms with Crippen LogP contribution in [0.15, 0.2) is 115 Å². The first kappa shape index (κ1) is 30.8. The Kier molecular flexibility index (Phi) is 12.4. The molecule has 0 amide bonds. The minimum absolute atomic E-state index is 0. The second-order valence-corrected chi connectivity index (χ2v) is 9.67. The van der Waals surface area contributed by atoms with E-state index in [1.54, 1.807) is 12.1 Å². The van der Waals surface area contributed by atoms with E-state index in [9.17, 15) is 4.39 Å². The van der Waals surface area contributed by atoms with Gasteiger partial charge in [-0.15, -0.1) is 24.8 Å². The molecule has 3 nitrogen and oxygen atoms in total. The van der Waals surface area contributed by atoms with E-state index in [1.807, 2.05) is 30.3 Å². The van der Waals surface area contributed by atoms with Gasteiger partial charge in [0.05, 0.1) is 6.04 Å². The van der Waals surface area contributed by atoms with E-state index in [-0.39, 0.29) is 42.8 Å². The second kappa shape index (κ2) is 15.8. The van der Waals surface area contributed by atoms with Gasteiger partial charge >= 0.3 is 0 Å². The summed E-state index contributed by atoms with van der Waals surface area (Å²) < 4.78 is 20.0. The van der Waals surface area contributed by atoms with Crippen LogP contribution >= 0.6 is 24.8 Å². The highest BCUT2D eigenvalue weighted by Gasteiger charge is 2.26. The Labute approximate surface area is 244 Å².